The van der Waals surface area contributed by atoms with E-state index in [9.17, 15) is 8.42 Å². The van der Waals surface area contributed by atoms with Crippen molar-refractivity contribution >= 4 is 21.4 Å². The number of sulfone groups is 1. The number of rotatable bonds is 5. The maximum Gasteiger partial charge on any atom is 0.216 e. The second-order valence-electron chi connectivity index (χ2n) is 3.81. The highest BCUT2D eigenvalue weighted by molar-refractivity contribution is 7.91. The van der Waals surface area contributed by atoms with E-state index in [-0.39, 0.29) is 0 Å². The van der Waals surface area contributed by atoms with Crippen LogP contribution in [0.1, 0.15) is 12.6 Å². The van der Waals surface area contributed by atoms with Gasteiger partial charge in [-0.1, -0.05) is 0 Å². The lowest BCUT2D eigenvalue weighted by Crippen LogP contribution is -2.28. The monoisotopic (exact) mass is 278 g/mol. The van der Waals surface area contributed by atoms with Crippen molar-refractivity contribution in [3.8, 4) is 5.88 Å². The van der Waals surface area contributed by atoms with E-state index in [4.69, 9.17) is 16.3 Å². The minimum Gasteiger partial charge on any atom is -0.481 e. The fourth-order valence-corrected chi connectivity index (χ4v) is 2.59. The van der Waals surface area contributed by atoms with Crippen molar-refractivity contribution in [2.45, 2.75) is 24.0 Å². The van der Waals surface area contributed by atoms with Gasteiger partial charge < -0.3 is 4.74 Å². The number of alkyl halides is 1. The van der Waals surface area contributed by atoms with Crippen LogP contribution in [0, 0.1) is 0 Å². The maximum atomic E-state index is 11.3. The first-order valence-corrected chi connectivity index (χ1v) is 7.41. The molecule has 7 heteroatoms. The van der Waals surface area contributed by atoms with Gasteiger partial charge in [-0.2, -0.15) is 0 Å². The zero-order valence-corrected chi connectivity index (χ0v) is 11.5. The van der Waals surface area contributed by atoms with E-state index in [1.165, 1.54) is 19.7 Å². The molecule has 0 saturated carbocycles. The fraction of sp³-hybridized carbons (Fsp3) is 0.600. The summed E-state index contributed by atoms with van der Waals surface area (Å²) in [6.07, 6.45) is 2.89. The first kappa shape index (κ1) is 14.2. The van der Waals surface area contributed by atoms with Gasteiger partial charge in [0.05, 0.1) is 17.7 Å². The Bertz CT molecular complexity index is 478. The quantitative estimate of drug-likeness (QED) is 0.754. The molecule has 1 aromatic rings. The summed E-state index contributed by atoms with van der Waals surface area (Å²) in [5.41, 5.74) is 0.660. The van der Waals surface area contributed by atoms with E-state index in [0.717, 1.165) is 0 Å². The van der Waals surface area contributed by atoms with Crippen molar-refractivity contribution < 1.29 is 13.2 Å². The molecule has 0 aromatic carbocycles. The summed E-state index contributed by atoms with van der Waals surface area (Å²) in [4.78, 5) is 7.89. The smallest absolute Gasteiger partial charge is 0.216 e. The van der Waals surface area contributed by atoms with Crippen LogP contribution in [0.3, 0.4) is 0 Å². The van der Waals surface area contributed by atoms with Crippen LogP contribution < -0.4 is 4.74 Å². The summed E-state index contributed by atoms with van der Waals surface area (Å²) in [5.74, 6) is 0.436. The van der Waals surface area contributed by atoms with Crippen LogP contribution in [-0.4, -0.2) is 42.4 Å². The Hall–Kier alpha value is -0.880. The topological polar surface area (TPSA) is 69.2 Å². The van der Waals surface area contributed by atoms with Crippen LogP contribution in [0.25, 0.3) is 0 Å². The Kier molecular flexibility index (Phi) is 4.70. The predicted octanol–water partition coefficient (Wildman–Crippen LogP) is 1.07. The molecule has 1 rings (SSSR count). The first-order chi connectivity index (χ1) is 7.84. The number of methoxy groups -OCH3 is 1. The largest absolute Gasteiger partial charge is 0.481 e. The van der Waals surface area contributed by atoms with Gasteiger partial charge in [0.1, 0.15) is 6.33 Å². The molecule has 0 N–H and O–H groups in total. The molecule has 17 heavy (non-hydrogen) atoms. The van der Waals surface area contributed by atoms with Gasteiger partial charge in [0.25, 0.3) is 0 Å². The average molecular weight is 279 g/mol. The molecule has 0 saturated heterocycles. The highest BCUT2D eigenvalue weighted by Crippen LogP contribution is 2.17. The van der Waals surface area contributed by atoms with Gasteiger partial charge in [-0.3, -0.25) is 0 Å². The van der Waals surface area contributed by atoms with Gasteiger partial charge >= 0.3 is 0 Å². The van der Waals surface area contributed by atoms with Gasteiger partial charge in [0, 0.05) is 24.4 Å². The highest BCUT2D eigenvalue weighted by atomic mass is 35.5. The molecule has 0 bridgehead atoms. The molecule has 1 heterocycles. The van der Waals surface area contributed by atoms with Gasteiger partial charge in [-0.05, 0) is 6.92 Å². The molecule has 0 spiro atoms. The standard InChI is InChI=1S/C10H15ClN2O3S/c1-7(17(3,14)15)9(11)4-8-5-10(16-2)13-6-12-8/h5-7,9H,4H2,1-3H3. The Morgan fingerprint density at radius 1 is 1.47 bits per heavy atom. The summed E-state index contributed by atoms with van der Waals surface area (Å²) in [5, 5.41) is -1.14. The minimum atomic E-state index is -3.14. The van der Waals surface area contributed by atoms with E-state index >= 15 is 0 Å². The minimum absolute atomic E-state index is 0.356. The zero-order valence-electron chi connectivity index (χ0n) is 9.92. The van der Waals surface area contributed by atoms with Crippen molar-refractivity contribution in [1.29, 1.82) is 0 Å². The van der Waals surface area contributed by atoms with Crippen LogP contribution in [0.5, 0.6) is 5.88 Å². The summed E-state index contributed by atoms with van der Waals surface area (Å²) < 4.78 is 27.6. The average Bonchev–Trinajstić information content (AvgIpc) is 2.27. The van der Waals surface area contributed by atoms with E-state index in [1.54, 1.807) is 13.0 Å². The number of hydrogen-bond acceptors (Lipinski definition) is 5. The zero-order chi connectivity index (χ0) is 13.1. The van der Waals surface area contributed by atoms with Crippen molar-refractivity contribution in [3.63, 3.8) is 0 Å². The lowest BCUT2D eigenvalue weighted by Gasteiger charge is -2.15. The van der Waals surface area contributed by atoms with Crippen molar-refractivity contribution in [2.75, 3.05) is 13.4 Å². The van der Waals surface area contributed by atoms with Crippen LogP contribution in [0.2, 0.25) is 0 Å². The Labute approximate surface area is 106 Å². The summed E-state index contributed by atoms with van der Waals surface area (Å²) in [6, 6.07) is 1.64. The first-order valence-electron chi connectivity index (χ1n) is 5.02. The number of hydrogen-bond donors (Lipinski definition) is 0. The number of halogens is 1. The van der Waals surface area contributed by atoms with Crippen molar-refractivity contribution in [2.24, 2.45) is 0 Å². The van der Waals surface area contributed by atoms with Crippen molar-refractivity contribution in [1.82, 2.24) is 9.97 Å². The molecule has 96 valence electrons. The van der Waals surface area contributed by atoms with Crippen LogP contribution in [0.15, 0.2) is 12.4 Å². The predicted molar refractivity (Wildman–Crippen MR) is 66.2 cm³/mol. The third-order valence-electron chi connectivity index (χ3n) is 2.50. The normalized spacial score (nSPS) is 15.3. The molecule has 0 aliphatic heterocycles. The van der Waals surface area contributed by atoms with E-state index in [0.29, 0.717) is 18.0 Å². The van der Waals surface area contributed by atoms with Crippen molar-refractivity contribution in [3.05, 3.63) is 18.1 Å². The summed E-state index contributed by atoms with van der Waals surface area (Å²) in [6.45, 7) is 1.59. The molecule has 0 radical (unpaired) electrons. The fourth-order valence-electron chi connectivity index (χ4n) is 1.23. The molecule has 5 nitrogen and oxygen atoms in total. The molecular formula is C10H15ClN2O3S. The highest BCUT2D eigenvalue weighted by Gasteiger charge is 2.24. The second kappa shape index (κ2) is 5.64. The maximum absolute atomic E-state index is 11.3. The molecule has 2 unspecified atom stereocenters. The van der Waals surface area contributed by atoms with E-state index < -0.39 is 20.5 Å². The Balaban J connectivity index is 2.77. The molecular weight excluding hydrogens is 264 g/mol. The van der Waals surface area contributed by atoms with Gasteiger partial charge in [0.2, 0.25) is 5.88 Å². The van der Waals surface area contributed by atoms with Crippen LogP contribution >= 0.6 is 11.6 Å². The molecule has 0 fully saturated rings. The molecule has 0 amide bonds. The summed E-state index contributed by atoms with van der Waals surface area (Å²) in [7, 11) is -1.64. The second-order valence-corrected chi connectivity index (χ2v) is 6.77. The number of aromatic nitrogens is 2. The third kappa shape index (κ3) is 4.12. The van der Waals surface area contributed by atoms with Crippen LogP contribution in [0.4, 0.5) is 0 Å². The van der Waals surface area contributed by atoms with E-state index in [2.05, 4.69) is 9.97 Å². The van der Waals surface area contributed by atoms with Gasteiger partial charge in [-0.25, -0.2) is 18.4 Å². The lowest BCUT2D eigenvalue weighted by molar-refractivity contribution is 0.396. The lowest BCUT2D eigenvalue weighted by atomic mass is 10.2. The third-order valence-corrected chi connectivity index (χ3v) is 4.86. The van der Waals surface area contributed by atoms with E-state index in [1.807, 2.05) is 0 Å². The molecule has 0 aliphatic carbocycles. The Morgan fingerprint density at radius 2 is 2.12 bits per heavy atom. The number of nitrogens with zero attached hydrogens (tertiary/aromatic N) is 2. The van der Waals surface area contributed by atoms with Gasteiger partial charge in [-0.15, -0.1) is 11.6 Å². The van der Waals surface area contributed by atoms with Gasteiger partial charge in [0.15, 0.2) is 9.84 Å². The molecule has 1 aromatic heterocycles. The Morgan fingerprint density at radius 3 is 2.65 bits per heavy atom. The molecule has 2 atom stereocenters. The summed E-state index contributed by atoms with van der Waals surface area (Å²) >= 11 is 6.07. The number of ether oxygens (including phenoxy) is 1. The molecule has 0 aliphatic rings. The van der Waals surface area contributed by atoms with Crippen LogP contribution in [-0.2, 0) is 16.3 Å². The SMILES string of the molecule is COc1cc(CC(Cl)C(C)S(C)(=O)=O)ncn1.